The van der Waals surface area contributed by atoms with Crippen LogP contribution in [0, 0.1) is 0 Å². The Bertz CT molecular complexity index is 1350. The number of amides is 1. The van der Waals surface area contributed by atoms with Crippen LogP contribution in [0.15, 0.2) is 48.6 Å². The maximum absolute atomic E-state index is 13.4. The molecule has 11 nitrogen and oxygen atoms in total. The molecule has 1 amide bonds. The minimum absolute atomic E-state index is 0.103. The molecule has 1 rings (SSSR count). The molecular weight excluding hydrogens is 907 g/mol. The summed E-state index contributed by atoms with van der Waals surface area (Å²) in [5, 5.41) is 56.8. The second kappa shape index (κ2) is 49.5. The van der Waals surface area contributed by atoms with Crippen molar-refractivity contribution in [3.8, 4) is 0 Å². The molecule has 0 aromatic carbocycles. The van der Waals surface area contributed by atoms with Gasteiger partial charge in [0.1, 0.15) is 24.4 Å². The monoisotopic (exact) mass is 1020 g/mol. The lowest BCUT2D eigenvalue weighted by Crippen LogP contribution is -2.61. The van der Waals surface area contributed by atoms with Crippen molar-refractivity contribution in [2.45, 2.75) is 314 Å². The highest BCUT2D eigenvalue weighted by Crippen LogP contribution is 2.26. The highest BCUT2D eigenvalue weighted by molar-refractivity contribution is 5.80. The van der Waals surface area contributed by atoms with E-state index in [1.54, 1.807) is 6.08 Å². The van der Waals surface area contributed by atoms with Crippen LogP contribution in [0.1, 0.15) is 265 Å². The van der Waals surface area contributed by atoms with Gasteiger partial charge in [-0.1, -0.05) is 223 Å². The number of aliphatic hydroxyl groups is 5. The molecule has 11 heteroatoms. The predicted octanol–water partition coefficient (Wildman–Crippen LogP) is 13.7. The lowest BCUT2D eigenvalue weighted by Gasteiger charge is -2.41. The number of aliphatic hydroxyl groups excluding tert-OH is 5. The number of esters is 1. The van der Waals surface area contributed by atoms with Crippen molar-refractivity contribution in [2.24, 2.45) is 0 Å². The summed E-state index contributed by atoms with van der Waals surface area (Å²) in [4.78, 5) is 26.5. The van der Waals surface area contributed by atoms with Gasteiger partial charge in [-0.2, -0.15) is 0 Å². The van der Waals surface area contributed by atoms with Gasteiger partial charge in [0, 0.05) is 6.42 Å². The summed E-state index contributed by atoms with van der Waals surface area (Å²) in [5.41, 5.74) is 0. The Labute approximate surface area is 440 Å². The summed E-state index contributed by atoms with van der Waals surface area (Å²) < 4.78 is 17.6. The topological polar surface area (TPSA) is 175 Å². The molecule has 0 aromatic rings. The maximum atomic E-state index is 13.4. The Hall–Kier alpha value is -2.38. The second-order valence-corrected chi connectivity index (χ2v) is 20.7. The van der Waals surface area contributed by atoms with Crippen LogP contribution in [0.2, 0.25) is 0 Å². The number of rotatable bonds is 50. The molecule has 0 aromatic heterocycles. The van der Waals surface area contributed by atoms with Gasteiger partial charge >= 0.3 is 5.97 Å². The Balaban J connectivity index is 2.70. The fraction of sp³-hybridized carbons (Fsp3) is 0.836. The van der Waals surface area contributed by atoms with Crippen LogP contribution in [0.3, 0.4) is 0 Å². The van der Waals surface area contributed by atoms with Crippen molar-refractivity contribution < 1.29 is 49.3 Å². The summed E-state index contributed by atoms with van der Waals surface area (Å²) in [6.07, 6.45) is 48.7. The van der Waals surface area contributed by atoms with Crippen molar-refractivity contribution in [1.82, 2.24) is 5.32 Å². The van der Waals surface area contributed by atoms with Crippen molar-refractivity contribution >= 4 is 11.9 Å². The summed E-state index contributed by atoms with van der Waals surface area (Å²) in [6.45, 7) is 5.74. The molecule has 0 aliphatic carbocycles. The number of nitrogens with one attached hydrogen (secondary N) is 1. The first-order valence-electron chi connectivity index (χ1n) is 29.9. The van der Waals surface area contributed by atoms with Crippen LogP contribution in [-0.4, -0.2) is 99.6 Å². The van der Waals surface area contributed by atoms with E-state index in [4.69, 9.17) is 14.2 Å². The Kier molecular flexibility index (Phi) is 46.5. The minimum Gasteiger partial charge on any atom is -0.454 e. The van der Waals surface area contributed by atoms with Crippen LogP contribution >= 0.6 is 0 Å². The zero-order valence-corrected chi connectivity index (χ0v) is 46.3. The number of allylic oxidation sites excluding steroid dienone is 7. The largest absolute Gasteiger partial charge is 0.454 e. The fourth-order valence-electron chi connectivity index (χ4n) is 9.15. The van der Waals surface area contributed by atoms with Gasteiger partial charge in [0.25, 0.3) is 0 Å². The number of hydrogen-bond donors (Lipinski definition) is 6. The van der Waals surface area contributed by atoms with Gasteiger partial charge in [0.05, 0.1) is 25.4 Å². The molecule has 0 spiro atoms. The summed E-state index contributed by atoms with van der Waals surface area (Å²) in [5.74, 6) is -1.21. The average molecular weight is 1020 g/mol. The SMILES string of the molecule is CCCCC/C=C\C/C=C\CCCCCCCCCCC(O)C(=O)NC(COC1OC(CO)C(O)C(O)C1OC(=O)CCCCC/C=C\CCCCCCCCC)C(O)/C=C/CCCCCCCCCCC. The van der Waals surface area contributed by atoms with E-state index in [0.29, 0.717) is 12.8 Å². The minimum atomic E-state index is -1.62. The molecule has 420 valence electrons. The Morgan fingerprint density at radius 2 is 0.958 bits per heavy atom. The summed E-state index contributed by atoms with van der Waals surface area (Å²) >= 11 is 0. The van der Waals surface area contributed by atoms with Gasteiger partial charge in [-0.05, 0) is 83.5 Å². The highest BCUT2D eigenvalue weighted by Gasteiger charge is 2.47. The first kappa shape index (κ1) is 67.6. The molecule has 1 aliphatic heterocycles. The quantitative estimate of drug-likeness (QED) is 0.0195. The van der Waals surface area contributed by atoms with Gasteiger partial charge in [0.15, 0.2) is 12.4 Å². The zero-order valence-electron chi connectivity index (χ0n) is 46.3. The Morgan fingerprint density at radius 1 is 0.542 bits per heavy atom. The van der Waals surface area contributed by atoms with Crippen molar-refractivity contribution in [2.75, 3.05) is 13.2 Å². The van der Waals surface area contributed by atoms with Crippen LogP contribution in [0.25, 0.3) is 0 Å². The zero-order chi connectivity index (χ0) is 52.5. The predicted molar refractivity (Wildman–Crippen MR) is 297 cm³/mol. The number of carbonyl (C=O) groups is 2. The van der Waals surface area contributed by atoms with Gasteiger partial charge in [-0.25, -0.2) is 0 Å². The van der Waals surface area contributed by atoms with E-state index in [9.17, 15) is 35.1 Å². The van der Waals surface area contributed by atoms with E-state index in [1.165, 1.54) is 141 Å². The third-order valence-electron chi connectivity index (χ3n) is 14.0. The van der Waals surface area contributed by atoms with Crippen molar-refractivity contribution in [1.29, 1.82) is 0 Å². The molecule has 1 fully saturated rings. The smallest absolute Gasteiger partial charge is 0.306 e. The van der Waals surface area contributed by atoms with Crippen LogP contribution in [-0.2, 0) is 23.8 Å². The number of hydrogen-bond acceptors (Lipinski definition) is 10. The second-order valence-electron chi connectivity index (χ2n) is 20.7. The summed E-state index contributed by atoms with van der Waals surface area (Å²) in [6, 6.07) is -1.03. The third-order valence-corrected chi connectivity index (χ3v) is 14.0. The van der Waals surface area contributed by atoms with E-state index in [2.05, 4.69) is 62.5 Å². The lowest BCUT2D eigenvalue weighted by atomic mass is 9.99. The molecule has 8 atom stereocenters. The molecule has 0 saturated carbocycles. The summed E-state index contributed by atoms with van der Waals surface area (Å²) in [7, 11) is 0. The van der Waals surface area contributed by atoms with Gasteiger partial charge in [-0.3, -0.25) is 9.59 Å². The highest BCUT2D eigenvalue weighted by atomic mass is 16.7. The van der Waals surface area contributed by atoms with Crippen molar-refractivity contribution in [3.05, 3.63) is 48.6 Å². The molecule has 8 unspecified atom stereocenters. The van der Waals surface area contributed by atoms with Gasteiger partial charge in [0.2, 0.25) is 5.91 Å². The standard InChI is InChI=1S/C61H111NO10/c1-4-7-10-13-16-19-22-24-26-27-28-29-30-33-36-39-42-45-48-54(65)60(69)62-52(53(64)47-44-41-38-35-32-21-18-15-12-9-6-3)51-70-61-59(58(68)57(67)55(50-63)71-61)72-56(66)49-46-43-40-37-34-31-25-23-20-17-14-11-8-5-2/h16,19,24,26,31,34,44,47,52-55,57-59,61,63-65,67-68H,4-15,17-18,20-23,25,27-30,32-33,35-43,45-46,48-51H2,1-3H3,(H,62,69)/b19-16-,26-24-,34-31-,47-44+. The molecule has 72 heavy (non-hydrogen) atoms. The molecule has 1 saturated heterocycles. The number of unbranched alkanes of at least 4 members (excludes halogenated alkanes) is 30. The van der Waals surface area contributed by atoms with Crippen LogP contribution in [0.4, 0.5) is 0 Å². The fourth-order valence-corrected chi connectivity index (χ4v) is 9.15. The Morgan fingerprint density at radius 3 is 1.46 bits per heavy atom. The maximum Gasteiger partial charge on any atom is 0.306 e. The first-order chi connectivity index (χ1) is 35.2. The molecular formula is C61H111NO10. The third kappa shape index (κ3) is 37.4. The van der Waals surface area contributed by atoms with Crippen molar-refractivity contribution in [3.63, 3.8) is 0 Å². The lowest BCUT2D eigenvalue weighted by molar-refractivity contribution is -0.305. The molecule has 6 N–H and O–H groups in total. The number of carbonyl (C=O) groups excluding carboxylic acids is 2. The van der Waals surface area contributed by atoms with E-state index in [-0.39, 0.29) is 19.4 Å². The average Bonchev–Trinajstić information content (AvgIpc) is 3.38. The molecule has 0 bridgehead atoms. The van der Waals surface area contributed by atoms with Crippen LogP contribution < -0.4 is 5.32 Å². The van der Waals surface area contributed by atoms with Gasteiger partial charge in [-0.15, -0.1) is 0 Å². The molecule has 1 aliphatic rings. The van der Waals surface area contributed by atoms with E-state index in [0.717, 1.165) is 77.0 Å². The first-order valence-corrected chi connectivity index (χ1v) is 29.9. The molecule has 1 heterocycles. The van der Waals surface area contributed by atoms with Crippen LogP contribution in [0.5, 0.6) is 0 Å². The van der Waals surface area contributed by atoms with Gasteiger partial charge < -0.3 is 45.1 Å². The molecule has 0 radical (unpaired) electrons. The van der Waals surface area contributed by atoms with E-state index >= 15 is 0 Å². The van der Waals surface area contributed by atoms with E-state index in [1.807, 2.05) is 6.08 Å². The normalized spacial score (nSPS) is 19.8. The van der Waals surface area contributed by atoms with E-state index < -0.39 is 67.4 Å². The number of ether oxygens (including phenoxy) is 3.